The van der Waals surface area contributed by atoms with Crippen LogP contribution in [0.15, 0.2) is 28.0 Å². The van der Waals surface area contributed by atoms with E-state index in [4.69, 9.17) is 5.84 Å². The molecule has 2 heterocycles. The van der Waals surface area contributed by atoms with Gasteiger partial charge in [0.1, 0.15) is 5.82 Å². The summed E-state index contributed by atoms with van der Waals surface area (Å²) in [7, 11) is 0. The minimum atomic E-state index is -4.70. The molecule has 0 saturated carbocycles. The molecule has 0 spiro atoms. The van der Waals surface area contributed by atoms with Crippen LogP contribution in [0.3, 0.4) is 0 Å². The summed E-state index contributed by atoms with van der Waals surface area (Å²) in [6, 6.07) is 3.25. The van der Waals surface area contributed by atoms with Gasteiger partial charge in [0.25, 0.3) is 5.82 Å². The molecule has 0 atom stereocenters. The standard InChI is InChI=1S/C10H8BrF3N6OS/c11-5-1-2-6(16-3-5)17-7(21)4-22-9-19-18-8(20(9)15)10(12,13)14/h1-3H,4,15H2,(H,16,17,21). The zero-order chi connectivity index (χ0) is 16.3. The summed E-state index contributed by atoms with van der Waals surface area (Å²) >= 11 is 3.93. The SMILES string of the molecule is Nn1c(SCC(=O)Nc2ccc(Br)cn2)nnc1C(F)(F)F. The second-order valence-corrected chi connectivity index (χ2v) is 5.73. The van der Waals surface area contributed by atoms with Gasteiger partial charge in [-0.15, -0.1) is 10.2 Å². The largest absolute Gasteiger partial charge is 0.453 e. The van der Waals surface area contributed by atoms with Gasteiger partial charge in [0.15, 0.2) is 0 Å². The Bertz CT molecular complexity index is 674. The Morgan fingerprint density at radius 3 is 2.68 bits per heavy atom. The number of pyridine rings is 1. The quantitative estimate of drug-likeness (QED) is 0.604. The number of aromatic nitrogens is 4. The van der Waals surface area contributed by atoms with Gasteiger partial charge in [-0.3, -0.25) is 4.79 Å². The summed E-state index contributed by atoms with van der Waals surface area (Å²) in [5, 5.41) is 8.52. The molecule has 0 aromatic carbocycles. The highest BCUT2D eigenvalue weighted by molar-refractivity contribution is 9.10. The van der Waals surface area contributed by atoms with Crippen molar-refractivity contribution in [3.8, 4) is 0 Å². The molecule has 0 aliphatic rings. The van der Waals surface area contributed by atoms with Gasteiger partial charge in [0.2, 0.25) is 11.1 Å². The van der Waals surface area contributed by atoms with Crippen molar-refractivity contribution < 1.29 is 18.0 Å². The van der Waals surface area contributed by atoms with E-state index in [1.165, 1.54) is 6.20 Å². The summed E-state index contributed by atoms with van der Waals surface area (Å²) in [6.07, 6.45) is -3.21. The van der Waals surface area contributed by atoms with E-state index in [2.05, 4.69) is 36.4 Å². The summed E-state index contributed by atoms with van der Waals surface area (Å²) in [4.78, 5) is 15.6. The first-order valence-corrected chi connectivity index (χ1v) is 7.37. The Labute approximate surface area is 134 Å². The molecule has 0 aliphatic carbocycles. The number of nitrogens with one attached hydrogen (secondary N) is 1. The van der Waals surface area contributed by atoms with Gasteiger partial charge in [0.05, 0.1) is 5.75 Å². The molecule has 118 valence electrons. The van der Waals surface area contributed by atoms with Gasteiger partial charge in [-0.2, -0.15) is 13.2 Å². The molecular weight excluding hydrogens is 389 g/mol. The van der Waals surface area contributed by atoms with E-state index in [9.17, 15) is 18.0 Å². The van der Waals surface area contributed by atoms with Gasteiger partial charge >= 0.3 is 6.18 Å². The lowest BCUT2D eigenvalue weighted by Gasteiger charge is -2.06. The molecule has 1 amide bonds. The van der Waals surface area contributed by atoms with Gasteiger partial charge in [-0.25, -0.2) is 9.66 Å². The average molecular weight is 397 g/mol. The molecule has 22 heavy (non-hydrogen) atoms. The number of rotatable bonds is 4. The number of amides is 1. The number of anilines is 1. The molecule has 0 unspecified atom stereocenters. The van der Waals surface area contributed by atoms with Crippen molar-refractivity contribution in [1.82, 2.24) is 19.9 Å². The number of carbonyl (C=O) groups is 1. The number of nitrogen functional groups attached to an aromatic ring is 1. The van der Waals surface area contributed by atoms with Gasteiger partial charge < -0.3 is 11.2 Å². The van der Waals surface area contributed by atoms with Crippen LogP contribution in [0.2, 0.25) is 0 Å². The molecule has 3 N–H and O–H groups in total. The molecular formula is C10H8BrF3N6OS. The minimum Gasteiger partial charge on any atom is -0.335 e. The number of hydrogen-bond donors (Lipinski definition) is 2. The highest BCUT2D eigenvalue weighted by Gasteiger charge is 2.38. The predicted octanol–water partition coefficient (Wildman–Crippen LogP) is 1.90. The fourth-order valence-electron chi connectivity index (χ4n) is 1.33. The fourth-order valence-corrected chi connectivity index (χ4v) is 2.22. The monoisotopic (exact) mass is 396 g/mol. The third-order valence-corrected chi connectivity index (χ3v) is 3.66. The van der Waals surface area contributed by atoms with Gasteiger partial charge in [-0.1, -0.05) is 11.8 Å². The van der Waals surface area contributed by atoms with Crippen molar-refractivity contribution in [2.45, 2.75) is 11.3 Å². The van der Waals surface area contributed by atoms with Crippen LogP contribution in [0.1, 0.15) is 5.82 Å². The third-order valence-electron chi connectivity index (χ3n) is 2.25. The fraction of sp³-hybridized carbons (Fsp3) is 0.200. The van der Waals surface area contributed by atoms with Crippen LogP contribution in [0.4, 0.5) is 19.0 Å². The van der Waals surface area contributed by atoms with Crippen molar-refractivity contribution in [2.75, 3.05) is 16.9 Å². The van der Waals surface area contributed by atoms with Crippen LogP contribution in [-0.2, 0) is 11.0 Å². The first-order valence-electron chi connectivity index (χ1n) is 5.59. The molecule has 0 bridgehead atoms. The molecule has 0 fully saturated rings. The maximum Gasteiger partial charge on any atom is 0.453 e. The molecule has 2 rings (SSSR count). The van der Waals surface area contributed by atoms with Crippen molar-refractivity contribution >= 4 is 39.4 Å². The van der Waals surface area contributed by atoms with Crippen LogP contribution in [0, 0.1) is 0 Å². The predicted molar refractivity (Wildman–Crippen MR) is 76.5 cm³/mol. The smallest absolute Gasteiger partial charge is 0.335 e. The molecule has 0 radical (unpaired) electrons. The highest BCUT2D eigenvalue weighted by atomic mass is 79.9. The Morgan fingerprint density at radius 2 is 2.14 bits per heavy atom. The maximum atomic E-state index is 12.5. The highest BCUT2D eigenvalue weighted by Crippen LogP contribution is 2.28. The van der Waals surface area contributed by atoms with E-state index < -0.39 is 17.9 Å². The van der Waals surface area contributed by atoms with Crippen LogP contribution in [0.25, 0.3) is 0 Å². The Kier molecular flexibility index (Phi) is 4.90. The average Bonchev–Trinajstić information content (AvgIpc) is 2.80. The molecule has 0 aliphatic heterocycles. The number of hydrogen-bond acceptors (Lipinski definition) is 6. The first-order chi connectivity index (χ1) is 10.3. The van der Waals surface area contributed by atoms with Gasteiger partial charge in [-0.05, 0) is 28.1 Å². The molecule has 2 aromatic rings. The topological polar surface area (TPSA) is 98.7 Å². The molecule has 7 nitrogen and oxygen atoms in total. The second-order valence-electron chi connectivity index (χ2n) is 3.87. The number of halogens is 4. The van der Waals surface area contributed by atoms with Crippen molar-refractivity contribution in [2.24, 2.45) is 0 Å². The van der Waals surface area contributed by atoms with Crippen molar-refractivity contribution in [3.05, 3.63) is 28.6 Å². The molecule has 12 heteroatoms. The van der Waals surface area contributed by atoms with E-state index in [1.54, 1.807) is 12.1 Å². The van der Waals surface area contributed by atoms with E-state index in [-0.39, 0.29) is 10.9 Å². The summed E-state index contributed by atoms with van der Waals surface area (Å²) < 4.78 is 38.5. The lowest BCUT2D eigenvalue weighted by molar-refractivity contribution is -0.146. The van der Waals surface area contributed by atoms with E-state index >= 15 is 0 Å². The Balaban J connectivity index is 1.94. The van der Waals surface area contributed by atoms with Crippen molar-refractivity contribution in [3.63, 3.8) is 0 Å². The lowest BCUT2D eigenvalue weighted by Crippen LogP contribution is -2.22. The van der Waals surface area contributed by atoms with Crippen LogP contribution in [0.5, 0.6) is 0 Å². The summed E-state index contributed by atoms with van der Waals surface area (Å²) in [5.74, 6) is 3.59. The second kappa shape index (κ2) is 6.52. The van der Waals surface area contributed by atoms with Crippen LogP contribution in [-0.4, -0.2) is 31.5 Å². The Hall–Kier alpha value is -1.82. The Morgan fingerprint density at radius 1 is 1.41 bits per heavy atom. The normalized spacial score (nSPS) is 11.5. The van der Waals surface area contributed by atoms with E-state index in [1.807, 2.05) is 0 Å². The lowest BCUT2D eigenvalue weighted by atomic mass is 10.4. The van der Waals surface area contributed by atoms with Crippen LogP contribution < -0.4 is 11.2 Å². The molecule has 2 aromatic heterocycles. The van der Waals surface area contributed by atoms with Gasteiger partial charge in [0, 0.05) is 10.7 Å². The number of nitrogens with zero attached hydrogens (tertiary/aromatic N) is 4. The van der Waals surface area contributed by atoms with Crippen molar-refractivity contribution in [1.29, 1.82) is 0 Å². The van der Waals surface area contributed by atoms with E-state index in [0.717, 1.165) is 16.2 Å². The minimum absolute atomic E-state index is 0.190. The molecule has 0 saturated heterocycles. The van der Waals surface area contributed by atoms with E-state index in [0.29, 0.717) is 10.5 Å². The third kappa shape index (κ3) is 4.10. The zero-order valence-corrected chi connectivity index (χ0v) is 13.0. The summed E-state index contributed by atoms with van der Waals surface area (Å²) in [6.45, 7) is 0. The number of thioether (sulfide) groups is 1. The number of carbonyl (C=O) groups excluding carboxylic acids is 1. The maximum absolute atomic E-state index is 12.5. The number of alkyl halides is 3. The zero-order valence-electron chi connectivity index (χ0n) is 10.6. The summed E-state index contributed by atoms with van der Waals surface area (Å²) in [5.41, 5.74) is 0. The number of nitrogens with two attached hydrogens (primary N) is 1. The van der Waals surface area contributed by atoms with Crippen LogP contribution >= 0.6 is 27.7 Å². The first kappa shape index (κ1) is 16.5.